The Kier molecular flexibility index (Phi) is 6.17. The van der Waals surface area contributed by atoms with Gasteiger partial charge in [-0.25, -0.2) is 0 Å². The van der Waals surface area contributed by atoms with Crippen LogP contribution in [0.25, 0.3) is 0 Å². The first kappa shape index (κ1) is 12.9. The van der Waals surface area contributed by atoms with E-state index in [9.17, 15) is 0 Å². The molecule has 1 unspecified atom stereocenters. The fraction of sp³-hybridized carbons (Fsp3) is 1.00. The van der Waals surface area contributed by atoms with Gasteiger partial charge in [0.1, 0.15) is 0 Å². The van der Waals surface area contributed by atoms with Crippen molar-refractivity contribution in [2.45, 2.75) is 19.4 Å². The lowest BCUT2D eigenvalue weighted by Gasteiger charge is -2.38. The van der Waals surface area contributed by atoms with E-state index in [-0.39, 0.29) is 0 Å². The minimum absolute atomic E-state index is 0.402. The van der Waals surface area contributed by atoms with E-state index in [0.717, 1.165) is 19.7 Å². The number of methoxy groups -OCH3 is 1. The first-order valence-corrected chi connectivity index (χ1v) is 5.97. The maximum atomic E-state index is 5.75. The third kappa shape index (κ3) is 4.07. The van der Waals surface area contributed by atoms with E-state index >= 15 is 0 Å². The minimum atomic E-state index is 0.402. The Balaban J connectivity index is 2.28. The van der Waals surface area contributed by atoms with Gasteiger partial charge >= 0.3 is 0 Å². The van der Waals surface area contributed by atoms with Crippen molar-refractivity contribution in [3.63, 3.8) is 0 Å². The summed E-state index contributed by atoms with van der Waals surface area (Å²) in [6.45, 7) is 9.52. The molecule has 2 N–H and O–H groups in total. The van der Waals surface area contributed by atoms with Crippen molar-refractivity contribution in [1.29, 1.82) is 0 Å². The molecule has 0 bridgehead atoms. The molecule has 1 atom stereocenters. The molecule has 1 heterocycles. The lowest BCUT2D eigenvalue weighted by Crippen LogP contribution is -2.53. The Hall–Kier alpha value is -0.160. The summed E-state index contributed by atoms with van der Waals surface area (Å²) in [7, 11) is 1.75. The Morgan fingerprint density at radius 3 is 2.40 bits per heavy atom. The van der Waals surface area contributed by atoms with Crippen LogP contribution in [0.5, 0.6) is 0 Å². The molecule has 0 aromatic heterocycles. The molecule has 4 nitrogen and oxygen atoms in total. The summed E-state index contributed by atoms with van der Waals surface area (Å²) >= 11 is 0. The fourth-order valence-electron chi connectivity index (χ4n) is 2.18. The van der Waals surface area contributed by atoms with Crippen molar-refractivity contribution in [2.24, 2.45) is 5.73 Å². The highest BCUT2D eigenvalue weighted by molar-refractivity contribution is 4.78. The summed E-state index contributed by atoms with van der Waals surface area (Å²) in [6, 6.07) is 0.402. The molecule has 0 amide bonds. The molecule has 1 rings (SSSR count). The van der Waals surface area contributed by atoms with Crippen molar-refractivity contribution in [2.75, 3.05) is 53.0 Å². The van der Waals surface area contributed by atoms with Crippen molar-refractivity contribution in [1.82, 2.24) is 9.80 Å². The number of piperazine rings is 1. The highest BCUT2D eigenvalue weighted by Crippen LogP contribution is 2.06. The molecule has 1 aliphatic rings. The van der Waals surface area contributed by atoms with Gasteiger partial charge < -0.3 is 15.4 Å². The van der Waals surface area contributed by atoms with Gasteiger partial charge in [-0.1, -0.05) is 6.92 Å². The van der Waals surface area contributed by atoms with Crippen molar-refractivity contribution in [3.05, 3.63) is 0 Å². The van der Waals surface area contributed by atoms with E-state index in [1.165, 1.54) is 26.1 Å². The summed E-state index contributed by atoms with van der Waals surface area (Å²) in [6.07, 6.45) is 1.25. The van der Waals surface area contributed by atoms with E-state index in [4.69, 9.17) is 10.5 Å². The van der Waals surface area contributed by atoms with Crippen LogP contribution in [0.3, 0.4) is 0 Å². The van der Waals surface area contributed by atoms with E-state index in [1.807, 2.05) is 0 Å². The third-order valence-corrected chi connectivity index (χ3v) is 3.09. The summed E-state index contributed by atoms with van der Waals surface area (Å²) in [5.41, 5.74) is 5.75. The molecule has 0 aromatic rings. The maximum absolute atomic E-state index is 5.75. The van der Waals surface area contributed by atoms with Crippen molar-refractivity contribution < 1.29 is 4.74 Å². The van der Waals surface area contributed by atoms with Crippen LogP contribution in [0.2, 0.25) is 0 Å². The van der Waals surface area contributed by atoms with Crippen molar-refractivity contribution >= 4 is 0 Å². The molecule has 90 valence electrons. The monoisotopic (exact) mass is 215 g/mol. The first-order chi connectivity index (χ1) is 7.31. The zero-order chi connectivity index (χ0) is 11.1. The lowest BCUT2D eigenvalue weighted by molar-refractivity contribution is 0.0532. The first-order valence-electron chi connectivity index (χ1n) is 5.97. The van der Waals surface area contributed by atoms with Gasteiger partial charge in [0.15, 0.2) is 0 Å². The molecule has 0 saturated carbocycles. The maximum Gasteiger partial charge on any atom is 0.0630 e. The number of nitrogens with zero attached hydrogens (tertiary/aromatic N) is 2. The van der Waals surface area contributed by atoms with Gasteiger partial charge in [-0.2, -0.15) is 0 Å². The quantitative estimate of drug-likeness (QED) is 0.676. The predicted octanol–water partition coefficient (Wildman–Crippen LogP) is -0.0123. The zero-order valence-electron chi connectivity index (χ0n) is 10.1. The van der Waals surface area contributed by atoms with Gasteiger partial charge in [0, 0.05) is 45.9 Å². The molecule has 0 aromatic carbocycles. The van der Waals surface area contributed by atoms with Crippen LogP contribution in [-0.2, 0) is 4.74 Å². The number of hydrogen-bond acceptors (Lipinski definition) is 4. The van der Waals surface area contributed by atoms with Crippen LogP contribution in [0.15, 0.2) is 0 Å². The van der Waals surface area contributed by atoms with E-state index in [1.54, 1.807) is 7.11 Å². The molecule has 1 aliphatic heterocycles. The van der Waals surface area contributed by atoms with Crippen LogP contribution in [0.1, 0.15) is 13.3 Å². The Bertz CT molecular complexity index is 158. The highest BCUT2D eigenvalue weighted by Gasteiger charge is 2.22. The molecule has 0 spiro atoms. The van der Waals surface area contributed by atoms with Gasteiger partial charge in [0.2, 0.25) is 0 Å². The van der Waals surface area contributed by atoms with Crippen LogP contribution in [-0.4, -0.2) is 68.8 Å². The zero-order valence-corrected chi connectivity index (χ0v) is 10.1. The molecular weight excluding hydrogens is 190 g/mol. The van der Waals surface area contributed by atoms with Crippen LogP contribution in [0.4, 0.5) is 0 Å². The Labute approximate surface area is 93.4 Å². The molecule has 0 aliphatic carbocycles. The standard InChI is InChI=1S/C11H25N3O/c1-3-4-13-5-7-14(8-6-13)11(9-12)10-15-2/h11H,3-10,12H2,1-2H3. The molecule has 0 radical (unpaired) electrons. The van der Waals surface area contributed by atoms with Crippen molar-refractivity contribution in [3.8, 4) is 0 Å². The van der Waals surface area contributed by atoms with Gasteiger partial charge in [-0.3, -0.25) is 4.90 Å². The largest absolute Gasteiger partial charge is 0.383 e. The summed E-state index contributed by atoms with van der Waals surface area (Å²) < 4.78 is 5.19. The fourth-order valence-corrected chi connectivity index (χ4v) is 2.18. The van der Waals surface area contributed by atoms with Gasteiger partial charge in [-0.15, -0.1) is 0 Å². The lowest BCUT2D eigenvalue weighted by atomic mass is 10.2. The van der Waals surface area contributed by atoms with Gasteiger partial charge in [-0.05, 0) is 13.0 Å². The predicted molar refractivity (Wildman–Crippen MR) is 63.0 cm³/mol. The number of ether oxygens (including phenoxy) is 1. The Morgan fingerprint density at radius 1 is 1.27 bits per heavy atom. The topological polar surface area (TPSA) is 41.7 Å². The molecular formula is C11H25N3O. The third-order valence-electron chi connectivity index (χ3n) is 3.09. The average molecular weight is 215 g/mol. The highest BCUT2D eigenvalue weighted by atomic mass is 16.5. The normalized spacial score (nSPS) is 21.8. The molecule has 1 saturated heterocycles. The molecule has 15 heavy (non-hydrogen) atoms. The number of rotatable bonds is 6. The van der Waals surface area contributed by atoms with Crippen LogP contribution in [0, 0.1) is 0 Å². The second-order valence-corrected chi connectivity index (χ2v) is 4.22. The Morgan fingerprint density at radius 2 is 1.93 bits per heavy atom. The number of hydrogen-bond donors (Lipinski definition) is 1. The second-order valence-electron chi connectivity index (χ2n) is 4.22. The molecule has 4 heteroatoms. The molecule has 1 fully saturated rings. The minimum Gasteiger partial charge on any atom is -0.383 e. The van der Waals surface area contributed by atoms with E-state index < -0.39 is 0 Å². The summed E-state index contributed by atoms with van der Waals surface area (Å²) in [5, 5.41) is 0. The van der Waals surface area contributed by atoms with Gasteiger partial charge in [0.25, 0.3) is 0 Å². The summed E-state index contributed by atoms with van der Waals surface area (Å²) in [5.74, 6) is 0. The number of nitrogens with two attached hydrogens (primary N) is 1. The van der Waals surface area contributed by atoms with E-state index in [0.29, 0.717) is 12.6 Å². The second kappa shape index (κ2) is 7.17. The smallest absolute Gasteiger partial charge is 0.0630 e. The van der Waals surface area contributed by atoms with Crippen LogP contribution >= 0.6 is 0 Å². The van der Waals surface area contributed by atoms with Crippen LogP contribution < -0.4 is 5.73 Å². The average Bonchev–Trinajstić information content (AvgIpc) is 2.28. The summed E-state index contributed by atoms with van der Waals surface area (Å²) in [4.78, 5) is 4.98. The SMILES string of the molecule is CCCN1CCN(C(CN)COC)CC1. The van der Waals surface area contributed by atoms with E-state index in [2.05, 4.69) is 16.7 Å². The van der Waals surface area contributed by atoms with Gasteiger partial charge in [0.05, 0.1) is 6.61 Å².